The fourth-order valence-electron chi connectivity index (χ4n) is 2.45. The highest BCUT2D eigenvalue weighted by Crippen LogP contribution is 2.24. The van der Waals surface area contributed by atoms with Gasteiger partial charge in [0.25, 0.3) is 0 Å². The number of nitrogens with zero attached hydrogens (tertiary/aromatic N) is 2. The number of benzene rings is 1. The molecule has 0 atom stereocenters. The Morgan fingerprint density at radius 3 is 2.67 bits per heavy atom. The number of carbonyl (C=O) groups is 2. The standard InChI is InChI=1S/C18H14F2N2O5/c1-3-22-9-12(18(25)26-4-2)17(24)11-7-13(19)10(15(20)16(11)22)8-14(23)27-6-5-21/h3,7,9H,1,4,6,8H2,2H3. The summed E-state index contributed by atoms with van der Waals surface area (Å²) < 4.78 is 39.5. The highest BCUT2D eigenvalue weighted by molar-refractivity contribution is 5.95. The van der Waals surface area contributed by atoms with Crippen LogP contribution in [-0.2, 0) is 20.7 Å². The maximum absolute atomic E-state index is 14.9. The zero-order valence-electron chi connectivity index (χ0n) is 14.3. The summed E-state index contributed by atoms with van der Waals surface area (Å²) in [6.45, 7) is 4.47. The fourth-order valence-corrected chi connectivity index (χ4v) is 2.45. The average molecular weight is 376 g/mol. The molecule has 0 aliphatic rings. The Morgan fingerprint density at radius 2 is 2.07 bits per heavy atom. The molecule has 0 fully saturated rings. The molecule has 0 bridgehead atoms. The van der Waals surface area contributed by atoms with Crippen molar-refractivity contribution in [2.45, 2.75) is 13.3 Å². The predicted octanol–water partition coefficient (Wildman–Crippen LogP) is 2.17. The minimum atomic E-state index is -1.17. The SMILES string of the molecule is C=Cn1cc(C(=O)OCC)c(=O)c2cc(F)c(CC(=O)OCC#N)c(F)c21. The van der Waals surface area contributed by atoms with Gasteiger partial charge in [-0.05, 0) is 13.0 Å². The lowest BCUT2D eigenvalue weighted by atomic mass is 10.0. The van der Waals surface area contributed by atoms with Crippen LogP contribution in [-0.4, -0.2) is 29.7 Å². The first kappa shape index (κ1) is 19.8. The van der Waals surface area contributed by atoms with Crippen LogP contribution in [0.15, 0.2) is 23.6 Å². The highest BCUT2D eigenvalue weighted by atomic mass is 19.1. The number of rotatable bonds is 6. The summed E-state index contributed by atoms with van der Waals surface area (Å²) in [5, 5.41) is 7.96. The number of aromatic nitrogens is 1. The van der Waals surface area contributed by atoms with E-state index in [-0.39, 0.29) is 12.1 Å². The van der Waals surface area contributed by atoms with Gasteiger partial charge in [0.1, 0.15) is 17.4 Å². The number of hydrogen-bond acceptors (Lipinski definition) is 6. The summed E-state index contributed by atoms with van der Waals surface area (Å²) in [5.41, 5.74) is -2.32. The molecule has 9 heteroatoms. The monoisotopic (exact) mass is 376 g/mol. The fraction of sp³-hybridized carbons (Fsp3) is 0.222. The first-order chi connectivity index (χ1) is 12.8. The second-order valence-corrected chi connectivity index (χ2v) is 5.22. The molecule has 0 unspecified atom stereocenters. The maximum atomic E-state index is 14.9. The average Bonchev–Trinajstić information content (AvgIpc) is 2.64. The van der Waals surface area contributed by atoms with Gasteiger partial charge in [-0.25, -0.2) is 13.6 Å². The van der Waals surface area contributed by atoms with Gasteiger partial charge in [-0.3, -0.25) is 9.59 Å². The summed E-state index contributed by atoms with van der Waals surface area (Å²) in [6, 6.07) is 2.30. The van der Waals surface area contributed by atoms with E-state index in [4.69, 9.17) is 10.00 Å². The van der Waals surface area contributed by atoms with Gasteiger partial charge < -0.3 is 14.0 Å². The third-order valence-electron chi connectivity index (χ3n) is 3.61. The molecule has 0 radical (unpaired) electrons. The van der Waals surface area contributed by atoms with Crippen molar-refractivity contribution >= 4 is 29.0 Å². The Morgan fingerprint density at radius 1 is 1.37 bits per heavy atom. The van der Waals surface area contributed by atoms with Crippen LogP contribution in [0.25, 0.3) is 17.1 Å². The normalized spacial score (nSPS) is 10.3. The van der Waals surface area contributed by atoms with E-state index < -0.39 is 58.5 Å². The first-order valence-corrected chi connectivity index (χ1v) is 7.73. The Labute approximate surface area is 152 Å². The van der Waals surface area contributed by atoms with Crippen molar-refractivity contribution in [1.82, 2.24) is 4.57 Å². The van der Waals surface area contributed by atoms with E-state index >= 15 is 0 Å². The quantitative estimate of drug-likeness (QED) is 0.717. The molecule has 0 amide bonds. The van der Waals surface area contributed by atoms with Crippen LogP contribution in [0.1, 0.15) is 22.8 Å². The van der Waals surface area contributed by atoms with Crippen LogP contribution in [0.5, 0.6) is 0 Å². The Bertz CT molecular complexity index is 1040. The number of carbonyl (C=O) groups excluding carboxylic acids is 2. The van der Waals surface area contributed by atoms with E-state index in [2.05, 4.69) is 11.3 Å². The van der Waals surface area contributed by atoms with Gasteiger partial charge in [0.2, 0.25) is 5.43 Å². The first-order valence-electron chi connectivity index (χ1n) is 7.73. The molecule has 0 spiro atoms. The molecule has 27 heavy (non-hydrogen) atoms. The number of hydrogen-bond donors (Lipinski definition) is 0. The van der Waals surface area contributed by atoms with Crippen molar-refractivity contribution in [2.75, 3.05) is 13.2 Å². The molecule has 0 saturated carbocycles. The van der Waals surface area contributed by atoms with Crippen molar-refractivity contribution < 1.29 is 27.8 Å². The number of fused-ring (bicyclic) bond motifs is 1. The summed E-state index contributed by atoms with van der Waals surface area (Å²) in [6.07, 6.45) is 1.36. The Hall–Kier alpha value is -3.54. The molecule has 0 aliphatic carbocycles. The molecule has 1 aromatic heterocycles. The summed E-state index contributed by atoms with van der Waals surface area (Å²) in [4.78, 5) is 36.0. The smallest absolute Gasteiger partial charge is 0.343 e. The second kappa shape index (κ2) is 8.23. The van der Waals surface area contributed by atoms with Gasteiger partial charge in [0.15, 0.2) is 12.4 Å². The maximum Gasteiger partial charge on any atom is 0.343 e. The van der Waals surface area contributed by atoms with E-state index in [9.17, 15) is 23.2 Å². The molecule has 2 aromatic rings. The van der Waals surface area contributed by atoms with Crippen molar-refractivity contribution in [2.24, 2.45) is 0 Å². The molecule has 1 aromatic carbocycles. The molecule has 2 rings (SSSR count). The lowest BCUT2D eigenvalue weighted by Gasteiger charge is -2.13. The van der Waals surface area contributed by atoms with Gasteiger partial charge in [-0.2, -0.15) is 5.26 Å². The van der Waals surface area contributed by atoms with E-state index in [1.165, 1.54) is 0 Å². The molecule has 0 aliphatic heterocycles. The number of halogens is 2. The van der Waals surface area contributed by atoms with E-state index in [1.54, 1.807) is 13.0 Å². The van der Waals surface area contributed by atoms with Crippen molar-refractivity contribution in [3.63, 3.8) is 0 Å². The second-order valence-electron chi connectivity index (χ2n) is 5.22. The van der Waals surface area contributed by atoms with Crippen LogP contribution in [0.3, 0.4) is 0 Å². The number of ether oxygens (including phenoxy) is 2. The molecule has 0 N–H and O–H groups in total. The lowest BCUT2D eigenvalue weighted by Crippen LogP contribution is -2.21. The van der Waals surface area contributed by atoms with Crippen LogP contribution in [0.4, 0.5) is 8.78 Å². The summed E-state index contributed by atoms with van der Waals surface area (Å²) in [5.74, 6) is -4.29. The number of nitriles is 1. The van der Waals surface area contributed by atoms with Crippen molar-refractivity contribution in [3.05, 3.63) is 51.8 Å². The van der Waals surface area contributed by atoms with Crippen molar-refractivity contribution in [1.29, 1.82) is 5.26 Å². The van der Waals surface area contributed by atoms with Gasteiger partial charge in [-0.15, -0.1) is 0 Å². The zero-order valence-corrected chi connectivity index (χ0v) is 14.3. The van der Waals surface area contributed by atoms with Gasteiger partial charge in [0, 0.05) is 18.0 Å². The zero-order chi connectivity index (χ0) is 20.1. The largest absolute Gasteiger partial charge is 0.462 e. The number of pyridine rings is 1. The van der Waals surface area contributed by atoms with Gasteiger partial charge in [0.05, 0.1) is 23.9 Å². The minimum absolute atomic E-state index is 0.0108. The Balaban J connectivity index is 2.70. The molecule has 140 valence electrons. The third-order valence-corrected chi connectivity index (χ3v) is 3.61. The summed E-state index contributed by atoms with van der Waals surface area (Å²) in [7, 11) is 0. The van der Waals surface area contributed by atoms with Crippen molar-refractivity contribution in [3.8, 4) is 6.07 Å². The highest BCUT2D eigenvalue weighted by Gasteiger charge is 2.23. The molecular weight excluding hydrogens is 362 g/mol. The lowest BCUT2D eigenvalue weighted by molar-refractivity contribution is -0.141. The minimum Gasteiger partial charge on any atom is -0.462 e. The molecule has 0 saturated heterocycles. The molecule has 7 nitrogen and oxygen atoms in total. The van der Waals surface area contributed by atoms with Gasteiger partial charge in [-0.1, -0.05) is 6.58 Å². The Kier molecular flexibility index (Phi) is 6.03. The number of esters is 2. The van der Waals surface area contributed by atoms with Gasteiger partial charge >= 0.3 is 11.9 Å². The van der Waals surface area contributed by atoms with Crippen LogP contribution in [0.2, 0.25) is 0 Å². The summed E-state index contributed by atoms with van der Waals surface area (Å²) >= 11 is 0. The van der Waals surface area contributed by atoms with Crippen LogP contribution in [0, 0.1) is 23.0 Å². The molecule has 1 heterocycles. The molecular formula is C18H14F2N2O5. The topological polar surface area (TPSA) is 98.4 Å². The van der Waals surface area contributed by atoms with E-state index in [0.717, 1.165) is 23.0 Å². The predicted molar refractivity (Wildman–Crippen MR) is 90.7 cm³/mol. The van der Waals surface area contributed by atoms with E-state index in [0.29, 0.717) is 0 Å². The van der Waals surface area contributed by atoms with Crippen LogP contribution < -0.4 is 5.43 Å². The van der Waals surface area contributed by atoms with E-state index in [1.807, 2.05) is 0 Å². The third kappa shape index (κ3) is 3.84. The van der Waals surface area contributed by atoms with Crippen LogP contribution >= 0.6 is 0 Å².